The normalized spacial score (nSPS) is 20.0. The summed E-state index contributed by atoms with van der Waals surface area (Å²) >= 11 is 6.37. The Morgan fingerprint density at radius 3 is 3.06 bits per heavy atom. The lowest BCUT2D eigenvalue weighted by atomic mass is 10.3. The summed E-state index contributed by atoms with van der Waals surface area (Å²) in [5.74, 6) is 0.141. The van der Waals surface area contributed by atoms with Gasteiger partial charge in [0.1, 0.15) is 0 Å². The number of thioether (sulfide) groups is 1. The van der Waals surface area contributed by atoms with Gasteiger partial charge in [0.2, 0.25) is 5.91 Å². The van der Waals surface area contributed by atoms with Gasteiger partial charge >= 0.3 is 0 Å². The lowest BCUT2D eigenvalue weighted by Gasteiger charge is -2.15. The molecule has 2 heterocycles. The molecule has 0 aliphatic carbocycles. The number of nitrogens with zero attached hydrogens (tertiary/aromatic N) is 1. The van der Waals surface area contributed by atoms with Crippen molar-refractivity contribution in [2.45, 2.75) is 25.1 Å². The van der Waals surface area contributed by atoms with Crippen LogP contribution in [-0.4, -0.2) is 27.7 Å². The summed E-state index contributed by atoms with van der Waals surface area (Å²) in [6.07, 6.45) is 0.478. The molecule has 2 rings (SSSR count). The third-order valence-electron chi connectivity index (χ3n) is 2.57. The van der Waals surface area contributed by atoms with Gasteiger partial charge in [-0.1, -0.05) is 11.8 Å². The van der Waals surface area contributed by atoms with Crippen LogP contribution in [0.3, 0.4) is 0 Å². The van der Waals surface area contributed by atoms with Crippen molar-refractivity contribution in [3.05, 3.63) is 20.8 Å². The molecule has 1 fully saturated rings. The predicted octanol–water partition coefficient (Wildman–Crippen LogP) is 2.89. The molecule has 1 unspecified atom stereocenters. The molecule has 1 saturated heterocycles. The molecule has 1 aromatic rings. The van der Waals surface area contributed by atoms with E-state index in [1.54, 1.807) is 18.3 Å². The van der Waals surface area contributed by atoms with Gasteiger partial charge in [0, 0.05) is 31.7 Å². The molecule has 0 radical (unpaired) electrons. The SMILES string of the molecule is CC(=O)SC1CC(=O)N(Cc2ccsc2Br)C1. The largest absolute Gasteiger partial charge is 0.337 e. The second-order valence-electron chi connectivity index (χ2n) is 3.93. The average molecular weight is 334 g/mol. The van der Waals surface area contributed by atoms with Crippen LogP contribution in [0.2, 0.25) is 0 Å². The van der Waals surface area contributed by atoms with Crippen LogP contribution in [-0.2, 0) is 16.1 Å². The fourth-order valence-electron chi connectivity index (χ4n) is 1.84. The van der Waals surface area contributed by atoms with E-state index in [0.29, 0.717) is 19.5 Å². The topological polar surface area (TPSA) is 37.4 Å². The Balaban J connectivity index is 1.97. The molecular weight excluding hydrogens is 322 g/mol. The van der Waals surface area contributed by atoms with Crippen molar-refractivity contribution in [3.63, 3.8) is 0 Å². The van der Waals surface area contributed by atoms with E-state index in [0.717, 1.165) is 9.35 Å². The van der Waals surface area contributed by atoms with Crippen molar-refractivity contribution in [3.8, 4) is 0 Å². The Hall–Kier alpha value is -0.330. The number of hydrogen-bond acceptors (Lipinski definition) is 4. The molecule has 1 amide bonds. The minimum Gasteiger partial charge on any atom is -0.337 e. The lowest BCUT2D eigenvalue weighted by Crippen LogP contribution is -2.24. The maximum Gasteiger partial charge on any atom is 0.224 e. The van der Waals surface area contributed by atoms with E-state index in [-0.39, 0.29) is 16.3 Å². The molecule has 0 bridgehead atoms. The van der Waals surface area contributed by atoms with E-state index in [9.17, 15) is 9.59 Å². The van der Waals surface area contributed by atoms with Gasteiger partial charge < -0.3 is 4.90 Å². The van der Waals surface area contributed by atoms with Gasteiger partial charge in [0.05, 0.1) is 3.79 Å². The Bertz CT molecular complexity index is 446. The second kappa shape index (κ2) is 5.54. The van der Waals surface area contributed by atoms with Gasteiger partial charge in [-0.2, -0.15) is 0 Å². The number of amides is 1. The van der Waals surface area contributed by atoms with Gasteiger partial charge in [-0.15, -0.1) is 11.3 Å². The van der Waals surface area contributed by atoms with E-state index < -0.39 is 0 Å². The number of likely N-dealkylation sites (tertiary alicyclic amines) is 1. The monoisotopic (exact) mass is 333 g/mol. The van der Waals surface area contributed by atoms with Crippen LogP contribution in [0.5, 0.6) is 0 Å². The van der Waals surface area contributed by atoms with Crippen molar-refractivity contribution in [1.82, 2.24) is 4.90 Å². The zero-order valence-electron chi connectivity index (χ0n) is 9.31. The fourth-order valence-corrected chi connectivity index (χ4v) is 4.01. The van der Waals surface area contributed by atoms with Crippen LogP contribution in [0.1, 0.15) is 18.9 Å². The first-order valence-electron chi connectivity index (χ1n) is 5.23. The minimum atomic E-state index is 0.0846. The maximum atomic E-state index is 11.8. The molecule has 0 spiro atoms. The van der Waals surface area contributed by atoms with E-state index in [4.69, 9.17) is 0 Å². The van der Waals surface area contributed by atoms with Crippen LogP contribution in [0, 0.1) is 0 Å². The molecule has 92 valence electrons. The molecule has 0 saturated carbocycles. The highest BCUT2D eigenvalue weighted by Crippen LogP contribution is 2.29. The van der Waals surface area contributed by atoms with Crippen molar-refractivity contribution in [1.29, 1.82) is 0 Å². The highest BCUT2D eigenvalue weighted by atomic mass is 79.9. The van der Waals surface area contributed by atoms with Crippen molar-refractivity contribution in [2.75, 3.05) is 6.54 Å². The Kier molecular flexibility index (Phi) is 4.27. The molecule has 1 atom stereocenters. The number of carbonyl (C=O) groups is 2. The van der Waals surface area contributed by atoms with Crippen LogP contribution in [0.25, 0.3) is 0 Å². The Morgan fingerprint density at radius 2 is 2.47 bits per heavy atom. The zero-order valence-corrected chi connectivity index (χ0v) is 12.5. The number of thiophene rings is 1. The van der Waals surface area contributed by atoms with Crippen molar-refractivity contribution >= 4 is 50.1 Å². The minimum absolute atomic E-state index is 0.0846. The van der Waals surface area contributed by atoms with Gasteiger partial charge in [0.25, 0.3) is 0 Å². The van der Waals surface area contributed by atoms with Gasteiger partial charge in [0.15, 0.2) is 5.12 Å². The number of hydrogen-bond donors (Lipinski definition) is 0. The Labute approximate surface area is 117 Å². The Morgan fingerprint density at radius 1 is 1.71 bits per heavy atom. The number of halogens is 1. The molecule has 3 nitrogen and oxygen atoms in total. The van der Waals surface area contributed by atoms with Crippen LogP contribution in [0.4, 0.5) is 0 Å². The quantitative estimate of drug-likeness (QED) is 0.853. The number of carbonyl (C=O) groups excluding carboxylic acids is 2. The predicted molar refractivity (Wildman–Crippen MR) is 74.1 cm³/mol. The molecule has 1 aromatic heterocycles. The average Bonchev–Trinajstić information content (AvgIpc) is 2.75. The van der Waals surface area contributed by atoms with Crippen LogP contribution in [0.15, 0.2) is 15.2 Å². The molecule has 0 aromatic carbocycles. The first-order chi connectivity index (χ1) is 8.06. The smallest absolute Gasteiger partial charge is 0.224 e. The maximum absolute atomic E-state index is 11.8. The fraction of sp³-hybridized carbons (Fsp3) is 0.455. The third-order valence-corrected chi connectivity index (χ3v) is 5.36. The molecule has 1 aliphatic rings. The zero-order chi connectivity index (χ0) is 12.4. The molecule has 6 heteroatoms. The summed E-state index contributed by atoms with van der Waals surface area (Å²) in [7, 11) is 0. The molecule has 17 heavy (non-hydrogen) atoms. The first kappa shape index (κ1) is 13.1. The van der Waals surface area contributed by atoms with E-state index in [1.807, 2.05) is 16.3 Å². The van der Waals surface area contributed by atoms with Gasteiger partial charge in [-0.05, 0) is 32.9 Å². The second-order valence-corrected chi connectivity index (χ2v) is 7.64. The van der Waals surface area contributed by atoms with Crippen LogP contribution >= 0.6 is 39.0 Å². The summed E-state index contributed by atoms with van der Waals surface area (Å²) in [6, 6.07) is 2.02. The molecule has 0 N–H and O–H groups in total. The van der Waals surface area contributed by atoms with Gasteiger partial charge in [-0.3, -0.25) is 9.59 Å². The summed E-state index contributed by atoms with van der Waals surface area (Å²) in [4.78, 5) is 24.6. The lowest BCUT2D eigenvalue weighted by molar-refractivity contribution is -0.128. The third kappa shape index (κ3) is 3.33. The summed E-state index contributed by atoms with van der Waals surface area (Å²) in [5, 5.41) is 2.21. The summed E-state index contributed by atoms with van der Waals surface area (Å²) in [6.45, 7) is 2.86. The first-order valence-corrected chi connectivity index (χ1v) is 7.78. The van der Waals surface area contributed by atoms with E-state index in [2.05, 4.69) is 15.9 Å². The van der Waals surface area contributed by atoms with E-state index >= 15 is 0 Å². The number of rotatable bonds is 3. The highest BCUT2D eigenvalue weighted by molar-refractivity contribution is 9.11. The van der Waals surface area contributed by atoms with Crippen molar-refractivity contribution in [2.24, 2.45) is 0 Å². The molecular formula is C11H12BrNO2S2. The summed E-state index contributed by atoms with van der Waals surface area (Å²) in [5.41, 5.74) is 1.14. The summed E-state index contributed by atoms with van der Waals surface area (Å²) < 4.78 is 1.08. The highest BCUT2D eigenvalue weighted by Gasteiger charge is 2.31. The van der Waals surface area contributed by atoms with E-state index in [1.165, 1.54) is 11.8 Å². The van der Waals surface area contributed by atoms with Crippen molar-refractivity contribution < 1.29 is 9.59 Å². The van der Waals surface area contributed by atoms with Gasteiger partial charge in [-0.25, -0.2) is 0 Å². The molecule has 1 aliphatic heterocycles. The van der Waals surface area contributed by atoms with Crippen LogP contribution < -0.4 is 0 Å². The standard InChI is InChI=1S/C11H12BrNO2S2/c1-7(14)17-9-4-10(15)13(6-9)5-8-2-3-16-11(8)12/h2-3,9H,4-6H2,1H3.